The zero-order valence-electron chi connectivity index (χ0n) is 12.9. The van der Waals surface area contributed by atoms with E-state index < -0.39 is 17.7 Å². The second kappa shape index (κ2) is 5.63. The minimum absolute atomic E-state index is 0.0577. The van der Waals surface area contributed by atoms with Gasteiger partial charge in [-0.25, -0.2) is 4.79 Å². The quantitative estimate of drug-likeness (QED) is 0.736. The van der Waals surface area contributed by atoms with Gasteiger partial charge in [-0.15, -0.1) is 0 Å². The number of likely N-dealkylation sites (tertiary alicyclic amines) is 1. The van der Waals surface area contributed by atoms with Gasteiger partial charge in [0.25, 0.3) is 0 Å². The van der Waals surface area contributed by atoms with E-state index in [0.717, 1.165) is 17.7 Å². The monoisotopic (exact) mass is 297 g/mol. The van der Waals surface area contributed by atoms with Crippen LogP contribution >= 0.6 is 0 Å². The Morgan fingerprint density at radius 3 is 2.33 bits per heavy atom. The van der Waals surface area contributed by atoms with Crippen molar-refractivity contribution in [3.8, 4) is 0 Å². The lowest BCUT2D eigenvalue weighted by Gasteiger charge is -2.37. The Morgan fingerprint density at radius 2 is 1.86 bits per heavy atom. The van der Waals surface area contributed by atoms with Crippen molar-refractivity contribution in [2.24, 2.45) is 0 Å². The molecule has 2 rings (SSSR count). The van der Waals surface area contributed by atoms with Crippen molar-refractivity contribution in [2.75, 3.05) is 7.05 Å². The third-order valence-electron chi connectivity index (χ3n) is 3.68. The van der Waals surface area contributed by atoms with Crippen LogP contribution in [0.2, 0.25) is 0 Å². The number of rotatable bonds is 3. The first-order valence-electron chi connectivity index (χ1n) is 7.21. The van der Waals surface area contributed by atoms with Gasteiger partial charge in [0, 0.05) is 19.1 Å². The fourth-order valence-corrected chi connectivity index (χ4v) is 2.52. The Kier molecular flexibility index (Phi) is 4.22. The van der Waals surface area contributed by atoms with E-state index in [4.69, 9.17) is 4.74 Å². The number of likely N-dealkylation sites (N-methyl/N-ethyl adjacent to an activating group) is 1. The molecule has 118 valence electrons. The smallest absolute Gasteiger partial charge is 0.407 e. The highest BCUT2D eigenvalue weighted by Gasteiger charge is 2.40. The number of carbonyl (C=O) groups excluding carboxylic acids is 3. The Balaban J connectivity index is 1.69. The summed E-state index contributed by atoms with van der Waals surface area (Å²) in [7, 11) is 1.50. The lowest BCUT2D eigenvalue weighted by atomic mass is 9.86. The molecule has 1 heterocycles. The molecule has 2 N–H and O–H groups in total. The normalized spacial score (nSPS) is 29.3. The maximum absolute atomic E-state index is 11.8. The molecule has 7 heteroatoms. The molecule has 1 aliphatic carbocycles. The molecular weight excluding hydrogens is 274 g/mol. The van der Waals surface area contributed by atoms with Gasteiger partial charge < -0.3 is 15.4 Å². The van der Waals surface area contributed by atoms with Crippen LogP contribution in [0.25, 0.3) is 0 Å². The summed E-state index contributed by atoms with van der Waals surface area (Å²) in [6.45, 7) is 5.45. The molecule has 1 saturated heterocycles. The van der Waals surface area contributed by atoms with Gasteiger partial charge in [-0.1, -0.05) is 0 Å². The van der Waals surface area contributed by atoms with Gasteiger partial charge >= 0.3 is 6.09 Å². The first-order valence-corrected chi connectivity index (χ1v) is 7.21. The predicted molar refractivity (Wildman–Crippen MR) is 75.5 cm³/mol. The van der Waals surface area contributed by atoms with Gasteiger partial charge in [-0.2, -0.15) is 0 Å². The average molecular weight is 297 g/mol. The molecule has 0 aromatic carbocycles. The number of hydrogen-bond donors (Lipinski definition) is 2. The lowest BCUT2D eigenvalue weighted by Crippen LogP contribution is -2.56. The van der Waals surface area contributed by atoms with E-state index in [1.165, 1.54) is 7.05 Å². The molecule has 0 aromatic rings. The molecule has 1 aliphatic heterocycles. The fourth-order valence-electron chi connectivity index (χ4n) is 2.52. The fraction of sp³-hybridized carbons (Fsp3) is 0.786. The minimum Gasteiger partial charge on any atom is -0.444 e. The Bertz CT molecular complexity index is 452. The topological polar surface area (TPSA) is 87.7 Å². The van der Waals surface area contributed by atoms with Crippen LogP contribution in [0.4, 0.5) is 4.79 Å². The summed E-state index contributed by atoms with van der Waals surface area (Å²) in [5.74, 6) is -0.330. The van der Waals surface area contributed by atoms with Crippen LogP contribution < -0.4 is 10.6 Å². The number of carbonyl (C=O) groups is 3. The summed E-state index contributed by atoms with van der Waals surface area (Å²) < 4.78 is 5.18. The van der Waals surface area contributed by atoms with E-state index >= 15 is 0 Å². The molecule has 0 aromatic heterocycles. The second-order valence-electron chi connectivity index (χ2n) is 6.73. The first kappa shape index (κ1) is 15.8. The van der Waals surface area contributed by atoms with Gasteiger partial charge in [-0.3, -0.25) is 14.5 Å². The van der Waals surface area contributed by atoms with Crippen LogP contribution in [0.3, 0.4) is 0 Å². The first-order chi connectivity index (χ1) is 9.65. The van der Waals surface area contributed by atoms with Crippen LogP contribution in [-0.2, 0) is 14.3 Å². The van der Waals surface area contributed by atoms with Crippen molar-refractivity contribution in [2.45, 2.75) is 63.8 Å². The number of hydrogen-bond acceptors (Lipinski definition) is 5. The number of amides is 3. The maximum atomic E-state index is 11.8. The summed E-state index contributed by atoms with van der Waals surface area (Å²) in [5.41, 5.74) is -0.507. The Hall–Kier alpha value is -1.63. The van der Waals surface area contributed by atoms with Crippen molar-refractivity contribution in [3.63, 3.8) is 0 Å². The van der Waals surface area contributed by atoms with E-state index in [1.54, 1.807) is 0 Å². The lowest BCUT2D eigenvalue weighted by molar-refractivity contribution is -0.137. The molecule has 1 atom stereocenters. The van der Waals surface area contributed by atoms with Crippen molar-refractivity contribution >= 4 is 17.9 Å². The van der Waals surface area contributed by atoms with Crippen molar-refractivity contribution in [1.82, 2.24) is 15.5 Å². The molecule has 2 aliphatic rings. The number of ether oxygens (including phenoxy) is 1. The van der Waals surface area contributed by atoms with Crippen LogP contribution in [0.15, 0.2) is 0 Å². The molecule has 0 spiro atoms. The van der Waals surface area contributed by atoms with Gasteiger partial charge in [0.05, 0.1) is 12.5 Å². The van der Waals surface area contributed by atoms with Crippen molar-refractivity contribution < 1.29 is 19.1 Å². The maximum Gasteiger partial charge on any atom is 0.407 e. The zero-order valence-corrected chi connectivity index (χ0v) is 12.9. The summed E-state index contributed by atoms with van der Waals surface area (Å²) >= 11 is 0. The van der Waals surface area contributed by atoms with E-state index in [9.17, 15) is 14.4 Å². The zero-order chi connectivity index (χ0) is 15.8. The number of nitrogens with one attached hydrogen (secondary N) is 2. The summed E-state index contributed by atoms with van der Waals surface area (Å²) in [6.07, 6.45) is 1.27. The van der Waals surface area contributed by atoms with Gasteiger partial charge in [0.15, 0.2) is 0 Å². The highest BCUT2D eigenvalue weighted by molar-refractivity contribution is 6.05. The predicted octanol–water partition coefficient (Wildman–Crippen LogP) is 0.389. The number of nitrogens with zero attached hydrogens (tertiary/aromatic N) is 1. The molecule has 0 bridgehead atoms. The van der Waals surface area contributed by atoms with Crippen molar-refractivity contribution in [1.29, 1.82) is 0 Å². The van der Waals surface area contributed by atoms with Crippen LogP contribution in [-0.4, -0.2) is 53.6 Å². The Morgan fingerprint density at radius 1 is 1.24 bits per heavy atom. The van der Waals surface area contributed by atoms with E-state index in [-0.39, 0.29) is 30.3 Å². The van der Waals surface area contributed by atoms with Crippen LogP contribution in [0, 0.1) is 0 Å². The SMILES string of the molecule is CN1C(=O)CC(NC2CC(NC(=O)OC(C)(C)C)C2)C1=O. The molecule has 0 radical (unpaired) electrons. The molecule has 3 amide bonds. The van der Waals surface area contributed by atoms with E-state index in [0.29, 0.717) is 0 Å². The molecule has 21 heavy (non-hydrogen) atoms. The molecule has 1 saturated carbocycles. The van der Waals surface area contributed by atoms with Crippen molar-refractivity contribution in [3.05, 3.63) is 0 Å². The highest BCUT2D eigenvalue weighted by Crippen LogP contribution is 2.23. The Labute approximate surface area is 124 Å². The minimum atomic E-state index is -0.507. The molecule has 1 unspecified atom stereocenters. The van der Waals surface area contributed by atoms with Crippen LogP contribution in [0.5, 0.6) is 0 Å². The third-order valence-corrected chi connectivity index (χ3v) is 3.68. The molecule has 2 fully saturated rings. The standard InChI is InChI=1S/C14H23N3O4/c1-14(2,3)21-13(20)16-9-5-8(6-9)15-10-7-11(18)17(4)12(10)19/h8-10,15H,5-7H2,1-4H3,(H,16,20). The molecule has 7 nitrogen and oxygen atoms in total. The largest absolute Gasteiger partial charge is 0.444 e. The third kappa shape index (κ3) is 3.93. The van der Waals surface area contributed by atoms with Gasteiger partial charge in [-0.05, 0) is 33.6 Å². The average Bonchev–Trinajstić information content (AvgIpc) is 2.52. The summed E-state index contributed by atoms with van der Waals surface area (Å²) in [5, 5.41) is 5.97. The van der Waals surface area contributed by atoms with Gasteiger partial charge in [0.2, 0.25) is 11.8 Å². The second-order valence-corrected chi connectivity index (χ2v) is 6.73. The van der Waals surface area contributed by atoms with Gasteiger partial charge in [0.1, 0.15) is 5.60 Å². The number of alkyl carbamates (subject to hydrolysis) is 1. The van der Waals surface area contributed by atoms with E-state index in [2.05, 4.69) is 10.6 Å². The summed E-state index contributed by atoms with van der Waals surface area (Å²) in [6, 6.07) is -0.213. The molecular formula is C14H23N3O4. The van der Waals surface area contributed by atoms with E-state index in [1.807, 2.05) is 20.8 Å². The van der Waals surface area contributed by atoms with Crippen LogP contribution in [0.1, 0.15) is 40.0 Å². The highest BCUT2D eigenvalue weighted by atomic mass is 16.6. The number of imide groups is 1. The summed E-state index contributed by atoms with van der Waals surface area (Å²) in [4.78, 5) is 35.9.